The standard InChI is InChI=1S/C40H27N3O6/c44-37(41-28-15-19-33(20-16-28)48-31-10-3-1-4-11-31)26-8-7-9-30(24-26)43-39(46)35-23-14-27(25-36(35)40(43)47)38(45)42-29-17-21-34(22-18-29)49-32-12-5-2-6-13-32/h1-25H,(H,41,44)(H,42,45). The molecule has 1 aliphatic rings. The third kappa shape index (κ3) is 6.77. The molecule has 238 valence electrons. The summed E-state index contributed by atoms with van der Waals surface area (Å²) in [5.74, 6) is 0.593. The second kappa shape index (κ2) is 13.4. The summed E-state index contributed by atoms with van der Waals surface area (Å²) in [6, 6.07) is 43.1. The monoisotopic (exact) mass is 645 g/mol. The zero-order valence-electron chi connectivity index (χ0n) is 25.8. The first-order chi connectivity index (χ1) is 23.9. The molecule has 0 spiro atoms. The molecule has 0 aliphatic carbocycles. The molecular weight excluding hydrogens is 618 g/mol. The minimum atomic E-state index is -0.594. The van der Waals surface area contributed by atoms with Crippen LogP contribution in [0.25, 0.3) is 0 Å². The van der Waals surface area contributed by atoms with Gasteiger partial charge in [-0.2, -0.15) is 0 Å². The smallest absolute Gasteiger partial charge is 0.266 e. The van der Waals surface area contributed by atoms with Gasteiger partial charge in [-0.15, -0.1) is 0 Å². The molecule has 6 aromatic rings. The van der Waals surface area contributed by atoms with Crippen molar-refractivity contribution in [1.82, 2.24) is 0 Å². The van der Waals surface area contributed by atoms with Gasteiger partial charge in [-0.1, -0.05) is 42.5 Å². The zero-order valence-corrected chi connectivity index (χ0v) is 25.8. The number of imide groups is 1. The summed E-state index contributed by atoms with van der Waals surface area (Å²) in [5.41, 5.74) is 2.02. The van der Waals surface area contributed by atoms with Gasteiger partial charge in [-0.05, 0) is 109 Å². The van der Waals surface area contributed by atoms with Crippen LogP contribution in [0.15, 0.2) is 152 Å². The number of para-hydroxylation sites is 2. The van der Waals surface area contributed by atoms with Gasteiger partial charge >= 0.3 is 0 Å². The summed E-state index contributed by atoms with van der Waals surface area (Å²) in [5, 5.41) is 5.63. The van der Waals surface area contributed by atoms with Gasteiger partial charge in [0, 0.05) is 22.5 Å². The Morgan fingerprint density at radius 3 is 1.45 bits per heavy atom. The highest BCUT2D eigenvalue weighted by Crippen LogP contribution is 2.31. The molecule has 1 aliphatic heterocycles. The molecule has 6 aromatic carbocycles. The van der Waals surface area contributed by atoms with Crippen molar-refractivity contribution >= 4 is 40.7 Å². The number of fused-ring (bicyclic) bond motifs is 1. The lowest BCUT2D eigenvalue weighted by Crippen LogP contribution is -2.29. The van der Waals surface area contributed by atoms with Crippen LogP contribution in [0.5, 0.6) is 23.0 Å². The Labute approximate surface area is 281 Å². The Kier molecular flexibility index (Phi) is 8.37. The van der Waals surface area contributed by atoms with Crippen LogP contribution in [0.3, 0.4) is 0 Å². The Bertz CT molecular complexity index is 2180. The molecule has 0 radical (unpaired) electrons. The maximum atomic E-state index is 13.5. The number of anilines is 3. The predicted octanol–water partition coefficient (Wildman–Crippen LogP) is 8.58. The summed E-state index contributed by atoms with van der Waals surface area (Å²) in [6.07, 6.45) is 0. The molecule has 0 saturated carbocycles. The van der Waals surface area contributed by atoms with Gasteiger partial charge in [0.2, 0.25) is 0 Å². The van der Waals surface area contributed by atoms with Crippen LogP contribution < -0.4 is 25.0 Å². The number of carbonyl (C=O) groups excluding carboxylic acids is 4. The maximum absolute atomic E-state index is 13.5. The minimum Gasteiger partial charge on any atom is -0.457 e. The molecule has 0 atom stereocenters. The van der Waals surface area contributed by atoms with E-state index in [0.717, 1.165) is 4.90 Å². The van der Waals surface area contributed by atoms with Gasteiger partial charge in [0.15, 0.2) is 0 Å². The fourth-order valence-corrected chi connectivity index (χ4v) is 5.27. The molecule has 0 bridgehead atoms. The zero-order chi connectivity index (χ0) is 33.7. The van der Waals surface area contributed by atoms with E-state index in [0.29, 0.717) is 34.4 Å². The fraction of sp³-hybridized carbons (Fsp3) is 0. The lowest BCUT2D eigenvalue weighted by atomic mass is 10.1. The minimum absolute atomic E-state index is 0.0944. The van der Waals surface area contributed by atoms with Crippen LogP contribution >= 0.6 is 0 Å². The van der Waals surface area contributed by atoms with Crippen LogP contribution in [0, 0.1) is 0 Å². The highest BCUT2D eigenvalue weighted by molar-refractivity contribution is 6.35. The molecule has 9 heteroatoms. The molecule has 49 heavy (non-hydrogen) atoms. The Morgan fingerprint density at radius 1 is 0.449 bits per heavy atom. The molecule has 2 N–H and O–H groups in total. The number of hydrogen-bond donors (Lipinski definition) is 2. The third-order valence-corrected chi connectivity index (χ3v) is 7.70. The Hall–Kier alpha value is -7.00. The van der Waals surface area contributed by atoms with E-state index in [1.165, 1.54) is 24.3 Å². The molecule has 0 saturated heterocycles. The van der Waals surface area contributed by atoms with E-state index >= 15 is 0 Å². The topological polar surface area (TPSA) is 114 Å². The largest absolute Gasteiger partial charge is 0.457 e. The molecule has 0 fully saturated rings. The van der Waals surface area contributed by atoms with Crippen molar-refractivity contribution in [3.8, 4) is 23.0 Å². The van der Waals surface area contributed by atoms with E-state index in [-0.39, 0.29) is 27.9 Å². The quantitative estimate of drug-likeness (QED) is 0.152. The first kappa shape index (κ1) is 30.6. The Balaban J connectivity index is 1.01. The third-order valence-electron chi connectivity index (χ3n) is 7.70. The average Bonchev–Trinajstić information content (AvgIpc) is 3.39. The number of nitrogens with one attached hydrogen (secondary N) is 2. The van der Waals surface area contributed by atoms with Crippen LogP contribution in [0.1, 0.15) is 41.4 Å². The highest BCUT2D eigenvalue weighted by Gasteiger charge is 2.37. The number of amides is 4. The lowest BCUT2D eigenvalue weighted by molar-refractivity contribution is 0.0923. The number of rotatable bonds is 9. The molecule has 0 unspecified atom stereocenters. The molecule has 4 amide bonds. The van der Waals surface area contributed by atoms with Gasteiger partial charge in [0.05, 0.1) is 16.8 Å². The van der Waals surface area contributed by atoms with E-state index in [9.17, 15) is 19.2 Å². The fourth-order valence-electron chi connectivity index (χ4n) is 5.27. The number of nitrogens with zero attached hydrogens (tertiary/aromatic N) is 1. The first-order valence-corrected chi connectivity index (χ1v) is 15.3. The second-order valence-corrected chi connectivity index (χ2v) is 11.0. The van der Waals surface area contributed by atoms with Gasteiger partial charge < -0.3 is 20.1 Å². The van der Waals surface area contributed by atoms with Crippen molar-refractivity contribution < 1.29 is 28.7 Å². The van der Waals surface area contributed by atoms with Crippen molar-refractivity contribution in [3.63, 3.8) is 0 Å². The van der Waals surface area contributed by atoms with Gasteiger partial charge in [0.25, 0.3) is 23.6 Å². The SMILES string of the molecule is O=C(Nc1ccc(Oc2ccccc2)cc1)c1cccc(N2C(=O)c3ccc(C(=O)Nc4ccc(Oc5ccccc5)cc4)cc3C2=O)c1. The highest BCUT2D eigenvalue weighted by atomic mass is 16.5. The van der Waals surface area contributed by atoms with Crippen LogP contribution in [0.4, 0.5) is 17.1 Å². The van der Waals surface area contributed by atoms with Crippen molar-refractivity contribution in [2.24, 2.45) is 0 Å². The summed E-state index contributed by atoms with van der Waals surface area (Å²) < 4.78 is 11.6. The van der Waals surface area contributed by atoms with Crippen molar-refractivity contribution in [3.05, 3.63) is 174 Å². The average molecular weight is 646 g/mol. The number of hydrogen-bond acceptors (Lipinski definition) is 6. The van der Waals surface area contributed by atoms with Crippen molar-refractivity contribution in [1.29, 1.82) is 0 Å². The van der Waals surface area contributed by atoms with Crippen LogP contribution in [0.2, 0.25) is 0 Å². The van der Waals surface area contributed by atoms with Gasteiger partial charge in [-0.25, -0.2) is 4.90 Å². The van der Waals surface area contributed by atoms with Crippen molar-refractivity contribution in [2.45, 2.75) is 0 Å². The van der Waals surface area contributed by atoms with Crippen molar-refractivity contribution in [2.75, 3.05) is 15.5 Å². The summed E-state index contributed by atoms with van der Waals surface area (Å²) in [4.78, 5) is 54.1. The van der Waals surface area contributed by atoms with Crippen LogP contribution in [-0.4, -0.2) is 23.6 Å². The number of carbonyl (C=O) groups is 4. The Morgan fingerprint density at radius 2 is 0.918 bits per heavy atom. The predicted molar refractivity (Wildman–Crippen MR) is 186 cm³/mol. The number of benzene rings is 6. The van der Waals surface area contributed by atoms with Crippen LogP contribution in [-0.2, 0) is 0 Å². The molecule has 0 aromatic heterocycles. The van der Waals surface area contributed by atoms with E-state index in [1.54, 1.807) is 66.7 Å². The first-order valence-electron chi connectivity index (χ1n) is 15.3. The normalized spacial score (nSPS) is 11.9. The molecular formula is C40H27N3O6. The summed E-state index contributed by atoms with van der Waals surface area (Å²) >= 11 is 0. The van der Waals surface area contributed by atoms with E-state index in [4.69, 9.17) is 9.47 Å². The van der Waals surface area contributed by atoms with E-state index in [2.05, 4.69) is 10.6 Å². The molecule has 1 heterocycles. The summed E-state index contributed by atoms with van der Waals surface area (Å²) in [6.45, 7) is 0. The molecule has 9 nitrogen and oxygen atoms in total. The second-order valence-electron chi connectivity index (χ2n) is 11.0. The lowest BCUT2D eigenvalue weighted by Gasteiger charge is -2.15. The maximum Gasteiger partial charge on any atom is 0.266 e. The van der Waals surface area contributed by atoms with E-state index in [1.807, 2.05) is 60.7 Å². The molecule has 7 rings (SSSR count). The van der Waals surface area contributed by atoms with Gasteiger partial charge in [0.1, 0.15) is 23.0 Å². The van der Waals surface area contributed by atoms with Gasteiger partial charge in [-0.3, -0.25) is 19.2 Å². The summed E-state index contributed by atoms with van der Waals surface area (Å²) in [7, 11) is 0. The van der Waals surface area contributed by atoms with E-state index < -0.39 is 23.6 Å². The number of ether oxygens (including phenoxy) is 2.